The highest BCUT2D eigenvalue weighted by molar-refractivity contribution is 5.95. The summed E-state index contributed by atoms with van der Waals surface area (Å²) in [6.45, 7) is 11.3. The second-order valence-corrected chi connectivity index (χ2v) is 8.35. The molecule has 28 heavy (non-hydrogen) atoms. The summed E-state index contributed by atoms with van der Waals surface area (Å²) in [7, 11) is 0. The summed E-state index contributed by atoms with van der Waals surface area (Å²) < 4.78 is 5.46. The van der Waals surface area contributed by atoms with Crippen molar-refractivity contribution < 1.29 is 14.3 Å². The van der Waals surface area contributed by atoms with Crippen molar-refractivity contribution in [1.29, 1.82) is 0 Å². The Morgan fingerprint density at radius 2 is 2.07 bits per heavy atom. The van der Waals surface area contributed by atoms with Crippen molar-refractivity contribution in [3.63, 3.8) is 0 Å². The molecule has 2 amide bonds. The third-order valence-corrected chi connectivity index (χ3v) is 4.69. The second kappa shape index (κ2) is 9.07. The molecule has 0 saturated carbocycles. The van der Waals surface area contributed by atoms with Gasteiger partial charge in [-0.1, -0.05) is 37.3 Å². The average molecular weight is 382 g/mol. The fourth-order valence-corrected chi connectivity index (χ4v) is 3.27. The maximum Gasteiger partial charge on any atom is 0.417 e. The van der Waals surface area contributed by atoms with Crippen LogP contribution in [0.15, 0.2) is 65.0 Å². The van der Waals surface area contributed by atoms with Crippen molar-refractivity contribution in [3.05, 3.63) is 65.0 Å². The molecule has 0 N–H and O–H groups in total. The largest absolute Gasteiger partial charge is 0.443 e. The van der Waals surface area contributed by atoms with Gasteiger partial charge in [0.1, 0.15) is 5.60 Å². The number of carbonyl (C=O) groups is 2. The maximum atomic E-state index is 12.6. The van der Waals surface area contributed by atoms with Crippen molar-refractivity contribution in [2.45, 2.75) is 66.0 Å². The monoisotopic (exact) mass is 381 g/mol. The van der Waals surface area contributed by atoms with Crippen LogP contribution in [0.1, 0.15) is 54.4 Å². The number of hydrogen-bond donors (Lipinski definition) is 0. The van der Waals surface area contributed by atoms with Gasteiger partial charge in [0.15, 0.2) is 0 Å². The Labute approximate surface area is 168 Å². The Balaban J connectivity index is 2.15. The van der Waals surface area contributed by atoms with Crippen LogP contribution in [0.2, 0.25) is 0 Å². The van der Waals surface area contributed by atoms with Gasteiger partial charge in [0.25, 0.3) is 0 Å². The van der Waals surface area contributed by atoms with Crippen LogP contribution in [-0.2, 0) is 9.53 Å². The molecule has 2 unspecified atom stereocenters. The predicted molar refractivity (Wildman–Crippen MR) is 113 cm³/mol. The molecule has 1 saturated heterocycles. The summed E-state index contributed by atoms with van der Waals surface area (Å²) in [5.74, 6) is -0.345. The van der Waals surface area contributed by atoms with Crippen LogP contribution in [0.4, 0.5) is 4.79 Å². The minimum atomic E-state index is -0.634. The van der Waals surface area contributed by atoms with Gasteiger partial charge in [-0.25, -0.2) is 9.69 Å². The number of likely N-dealkylation sites (tertiary alicyclic amines) is 1. The smallest absolute Gasteiger partial charge is 0.417 e. The van der Waals surface area contributed by atoms with Crippen LogP contribution in [0.3, 0.4) is 0 Å². The van der Waals surface area contributed by atoms with E-state index in [9.17, 15) is 9.59 Å². The van der Waals surface area contributed by atoms with Gasteiger partial charge in [0, 0.05) is 18.4 Å². The Morgan fingerprint density at radius 3 is 2.71 bits per heavy atom. The van der Waals surface area contributed by atoms with Crippen LogP contribution in [0, 0.1) is 5.92 Å². The zero-order chi connectivity index (χ0) is 20.9. The summed E-state index contributed by atoms with van der Waals surface area (Å²) >= 11 is 0. The van der Waals surface area contributed by atoms with Gasteiger partial charge >= 0.3 is 6.09 Å². The molecule has 0 spiro atoms. The zero-order valence-corrected chi connectivity index (χ0v) is 17.8. The van der Waals surface area contributed by atoms with E-state index in [1.165, 1.54) is 4.90 Å². The summed E-state index contributed by atoms with van der Waals surface area (Å²) in [5, 5.41) is 0. The molecule has 1 aliphatic carbocycles. The van der Waals surface area contributed by atoms with Gasteiger partial charge in [-0.3, -0.25) is 4.79 Å². The number of nitrogens with zero attached hydrogens (tertiary/aromatic N) is 1. The van der Waals surface area contributed by atoms with Crippen molar-refractivity contribution in [2.24, 2.45) is 5.92 Å². The molecule has 2 aliphatic rings. The van der Waals surface area contributed by atoms with Crippen LogP contribution in [-0.4, -0.2) is 28.5 Å². The maximum absolute atomic E-state index is 12.6. The molecule has 0 aromatic rings. The molecule has 0 bridgehead atoms. The highest BCUT2D eigenvalue weighted by atomic mass is 16.6. The summed E-state index contributed by atoms with van der Waals surface area (Å²) in [6.07, 6.45) is 14.7. The lowest BCUT2D eigenvalue weighted by molar-refractivity contribution is -0.130. The predicted octanol–water partition coefficient (Wildman–Crippen LogP) is 5.65. The number of rotatable bonds is 4. The molecule has 2 rings (SSSR count). The van der Waals surface area contributed by atoms with E-state index in [0.717, 1.165) is 16.7 Å². The third kappa shape index (κ3) is 5.71. The molecule has 2 atom stereocenters. The van der Waals surface area contributed by atoms with Crippen LogP contribution < -0.4 is 0 Å². The number of ether oxygens (including phenoxy) is 1. The topological polar surface area (TPSA) is 46.6 Å². The minimum Gasteiger partial charge on any atom is -0.443 e. The standard InChI is InChI=1S/C24H31NO3/c1-7-8-10-17(2)20-12-9-11-19(13-14-20)16-21-15-18(3)22(26)25(21)23(27)28-24(4,5)6/h7-10,12-14,18,21H,15-16H2,1-6H3/b8-7-,17-10+. The van der Waals surface area contributed by atoms with E-state index in [2.05, 4.69) is 24.8 Å². The van der Waals surface area contributed by atoms with Crippen molar-refractivity contribution in [1.82, 2.24) is 4.90 Å². The molecule has 1 fully saturated rings. The van der Waals surface area contributed by atoms with Gasteiger partial charge in [-0.2, -0.15) is 0 Å². The Kier molecular flexibility index (Phi) is 7.04. The summed E-state index contributed by atoms with van der Waals surface area (Å²) in [6, 6.07) is -0.209. The lowest BCUT2D eigenvalue weighted by Gasteiger charge is -2.27. The number of carbonyl (C=O) groups excluding carboxylic acids is 2. The molecule has 150 valence electrons. The van der Waals surface area contributed by atoms with Crippen LogP contribution in [0.5, 0.6) is 0 Å². The van der Waals surface area contributed by atoms with Crippen LogP contribution in [0.25, 0.3) is 0 Å². The first-order chi connectivity index (χ1) is 13.1. The normalized spacial score (nSPS) is 23.1. The molecular weight excluding hydrogens is 350 g/mol. The van der Waals surface area contributed by atoms with Crippen molar-refractivity contribution in [2.75, 3.05) is 0 Å². The third-order valence-electron chi connectivity index (χ3n) is 4.69. The van der Waals surface area contributed by atoms with Crippen LogP contribution >= 0.6 is 0 Å². The van der Waals surface area contributed by atoms with Gasteiger partial charge in [-0.15, -0.1) is 5.73 Å². The molecule has 1 aliphatic heterocycles. The molecular formula is C24H31NO3. The Bertz CT molecular complexity index is 811. The molecule has 4 nitrogen and oxygen atoms in total. The van der Waals surface area contributed by atoms with E-state index in [1.54, 1.807) is 20.8 Å². The lowest BCUT2D eigenvalue weighted by Crippen LogP contribution is -2.42. The first kappa shape index (κ1) is 21.7. The molecule has 0 aromatic carbocycles. The van der Waals surface area contributed by atoms with Crippen molar-refractivity contribution >= 4 is 12.0 Å². The van der Waals surface area contributed by atoms with Gasteiger partial charge < -0.3 is 4.74 Å². The summed E-state index contributed by atoms with van der Waals surface area (Å²) in [5.41, 5.74) is 5.88. The fraction of sp³-hybridized carbons (Fsp3) is 0.458. The average Bonchev–Trinajstić information content (AvgIpc) is 2.75. The van der Waals surface area contributed by atoms with Gasteiger partial charge in [0.05, 0.1) is 0 Å². The van der Waals surface area contributed by atoms with E-state index >= 15 is 0 Å². The number of imide groups is 1. The first-order valence-corrected chi connectivity index (χ1v) is 9.82. The second-order valence-electron chi connectivity index (χ2n) is 8.35. The van der Waals surface area contributed by atoms with Gasteiger partial charge in [0.2, 0.25) is 5.91 Å². The number of amides is 2. The SMILES string of the molecule is C/C=C\C=C(/C)C1=CC=C=C(CC2CC(C)C(=O)N2C(=O)OC(C)(C)C)C=C1. The highest BCUT2D eigenvalue weighted by Crippen LogP contribution is 2.31. The molecule has 0 radical (unpaired) electrons. The number of allylic oxidation sites excluding steroid dienone is 8. The van der Waals surface area contributed by atoms with Crippen molar-refractivity contribution in [3.8, 4) is 0 Å². The summed E-state index contributed by atoms with van der Waals surface area (Å²) in [4.78, 5) is 26.4. The van der Waals surface area contributed by atoms with E-state index in [4.69, 9.17) is 4.74 Å². The Hall–Kier alpha value is -2.58. The zero-order valence-electron chi connectivity index (χ0n) is 17.8. The van der Waals surface area contributed by atoms with E-state index in [0.29, 0.717) is 12.8 Å². The first-order valence-electron chi connectivity index (χ1n) is 9.82. The number of hydrogen-bond acceptors (Lipinski definition) is 3. The fourth-order valence-electron chi connectivity index (χ4n) is 3.27. The molecule has 1 heterocycles. The lowest BCUT2D eigenvalue weighted by atomic mass is 10.00. The van der Waals surface area contributed by atoms with E-state index in [-0.39, 0.29) is 17.9 Å². The molecule has 4 heteroatoms. The van der Waals surface area contributed by atoms with E-state index < -0.39 is 11.7 Å². The quantitative estimate of drug-likeness (QED) is 0.467. The highest BCUT2D eigenvalue weighted by Gasteiger charge is 2.42. The van der Waals surface area contributed by atoms with E-state index in [1.807, 2.05) is 44.2 Å². The Morgan fingerprint density at radius 1 is 1.36 bits per heavy atom. The van der Waals surface area contributed by atoms with Gasteiger partial charge in [-0.05, 0) is 69.9 Å². The molecule has 0 aromatic heterocycles. The minimum absolute atomic E-state index is 0.162.